The maximum Gasteiger partial charge on any atom is 0.0642 e. The Kier molecular flexibility index (Phi) is 8.72. The molecule has 0 radical (unpaired) electrons. The predicted molar refractivity (Wildman–Crippen MR) is 133 cm³/mol. The predicted octanol–water partition coefficient (Wildman–Crippen LogP) is 6.56. The normalized spacial score (nSPS) is 38.1. The third kappa shape index (κ3) is 5.53. The molecular weight excluding hydrogens is 396 g/mol. The van der Waals surface area contributed by atoms with Crippen LogP contribution in [0.5, 0.6) is 0 Å². The van der Waals surface area contributed by atoms with Crippen molar-refractivity contribution in [1.82, 2.24) is 0 Å². The first-order chi connectivity index (χ1) is 15.1. The lowest BCUT2D eigenvalue weighted by Crippen LogP contribution is -2.36. The zero-order valence-corrected chi connectivity index (χ0v) is 21.4. The smallest absolute Gasteiger partial charge is 0.0642 e. The number of aliphatic hydroxyl groups excluding tert-OH is 2. The second-order valence-electron chi connectivity index (χ2n) is 11.9. The molecular formula is C29H50O3. The van der Waals surface area contributed by atoms with Crippen molar-refractivity contribution in [2.24, 2.45) is 29.1 Å². The maximum absolute atomic E-state index is 10.6. The Morgan fingerprint density at radius 1 is 1.09 bits per heavy atom. The first-order valence-electron chi connectivity index (χ1n) is 13.6. The Morgan fingerprint density at radius 3 is 2.38 bits per heavy atom. The highest BCUT2D eigenvalue weighted by molar-refractivity contribution is 5.26. The van der Waals surface area contributed by atoms with E-state index in [4.69, 9.17) is 0 Å². The van der Waals surface area contributed by atoms with Crippen molar-refractivity contribution in [2.45, 2.75) is 129 Å². The topological polar surface area (TPSA) is 60.7 Å². The molecule has 0 bridgehead atoms. The minimum absolute atomic E-state index is 0.0273. The summed E-state index contributed by atoms with van der Waals surface area (Å²) in [5.41, 5.74) is 2.74. The Balaban J connectivity index is 1.64. The second-order valence-corrected chi connectivity index (χ2v) is 11.9. The summed E-state index contributed by atoms with van der Waals surface area (Å²) < 4.78 is 0. The van der Waals surface area contributed by atoms with E-state index in [9.17, 15) is 15.3 Å². The molecule has 0 aliphatic heterocycles. The van der Waals surface area contributed by atoms with Crippen LogP contribution in [0.3, 0.4) is 0 Å². The quantitative estimate of drug-likeness (QED) is 0.395. The van der Waals surface area contributed by atoms with Gasteiger partial charge in [0.05, 0.1) is 17.8 Å². The molecule has 0 aromatic carbocycles. The maximum atomic E-state index is 10.6. The monoisotopic (exact) mass is 446 g/mol. The molecule has 6 atom stereocenters. The zero-order valence-electron chi connectivity index (χ0n) is 21.4. The van der Waals surface area contributed by atoms with E-state index in [1.807, 2.05) is 6.92 Å². The second kappa shape index (κ2) is 10.7. The van der Waals surface area contributed by atoms with E-state index in [0.717, 1.165) is 31.6 Å². The summed E-state index contributed by atoms with van der Waals surface area (Å²) in [5, 5.41) is 31.2. The molecule has 3 heteroatoms. The fourth-order valence-electron chi connectivity index (χ4n) is 7.38. The number of allylic oxidation sites excluding steroid dienone is 3. The van der Waals surface area contributed by atoms with Gasteiger partial charge in [0.2, 0.25) is 0 Å². The molecule has 0 spiro atoms. The summed E-state index contributed by atoms with van der Waals surface area (Å²) in [4.78, 5) is 0. The van der Waals surface area contributed by atoms with Crippen LogP contribution in [0.25, 0.3) is 0 Å². The number of aliphatic hydroxyl groups is 3. The highest BCUT2D eigenvalue weighted by Gasteiger charge is 2.50. The summed E-state index contributed by atoms with van der Waals surface area (Å²) in [5.74, 6) is 2.15. The first-order valence-corrected chi connectivity index (χ1v) is 13.6. The van der Waals surface area contributed by atoms with E-state index in [1.54, 1.807) is 5.57 Å². The molecule has 3 aliphatic carbocycles. The van der Waals surface area contributed by atoms with Gasteiger partial charge in [0.15, 0.2) is 0 Å². The highest BCUT2D eigenvalue weighted by Crippen LogP contribution is 2.60. The van der Waals surface area contributed by atoms with Gasteiger partial charge in [-0.25, -0.2) is 0 Å². The van der Waals surface area contributed by atoms with Gasteiger partial charge in [-0.2, -0.15) is 0 Å². The molecule has 0 amide bonds. The Hall–Kier alpha value is -0.640. The SMILES string of the molecule is CCC(O)(CC)CCC[C@H](C)C1CCC2C(=CC=C3C[C@@H](O)C(C)[C@H](O)C3)CCC[C@@]21C. The van der Waals surface area contributed by atoms with Crippen molar-refractivity contribution in [1.29, 1.82) is 0 Å². The van der Waals surface area contributed by atoms with Crippen molar-refractivity contribution < 1.29 is 15.3 Å². The van der Waals surface area contributed by atoms with Gasteiger partial charge in [-0.05, 0) is 87.4 Å². The molecule has 3 fully saturated rings. The zero-order chi connectivity index (χ0) is 23.5. The summed E-state index contributed by atoms with van der Waals surface area (Å²) in [6.07, 6.45) is 16.6. The minimum Gasteiger partial charge on any atom is -0.392 e. The summed E-state index contributed by atoms with van der Waals surface area (Å²) in [6.45, 7) is 11.2. The van der Waals surface area contributed by atoms with Gasteiger partial charge in [-0.3, -0.25) is 0 Å². The fraction of sp³-hybridized carbons (Fsp3) is 0.862. The average molecular weight is 447 g/mol. The first kappa shape index (κ1) is 26.0. The van der Waals surface area contributed by atoms with Gasteiger partial charge in [0.1, 0.15) is 0 Å². The van der Waals surface area contributed by atoms with Crippen molar-refractivity contribution in [3.8, 4) is 0 Å². The molecule has 3 N–H and O–H groups in total. The van der Waals surface area contributed by atoms with E-state index >= 15 is 0 Å². The van der Waals surface area contributed by atoms with Gasteiger partial charge >= 0.3 is 0 Å². The summed E-state index contributed by atoms with van der Waals surface area (Å²) in [6, 6.07) is 0. The third-order valence-electron chi connectivity index (χ3n) is 10.0. The number of rotatable bonds is 8. The number of fused-ring (bicyclic) bond motifs is 1. The number of hydrogen-bond donors (Lipinski definition) is 3. The molecule has 32 heavy (non-hydrogen) atoms. The lowest BCUT2D eigenvalue weighted by atomic mass is 9.60. The molecule has 2 unspecified atom stereocenters. The van der Waals surface area contributed by atoms with E-state index in [-0.39, 0.29) is 5.92 Å². The van der Waals surface area contributed by atoms with E-state index < -0.39 is 17.8 Å². The van der Waals surface area contributed by atoms with E-state index in [0.29, 0.717) is 30.1 Å². The molecule has 0 heterocycles. The number of hydrogen-bond acceptors (Lipinski definition) is 3. The van der Waals surface area contributed by atoms with Gasteiger partial charge in [0, 0.05) is 5.92 Å². The van der Waals surface area contributed by atoms with E-state index in [1.165, 1.54) is 44.1 Å². The molecule has 0 saturated heterocycles. The van der Waals surface area contributed by atoms with Crippen molar-refractivity contribution >= 4 is 0 Å². The molecule has 3 rings (SSSR count). The van der Waals surface area contributed by atoms with Crippen molar-refractivity contribution in [2.75, 3.05) is 0 Å². The Morgan fingerprint density at radius 2 is 1.75 bits per heavy atom. The summed E-state index contributed by atoms with van der Waals surface area (Å²) in [7, 11) is 0. The van der Waals surface area contributed by atoms with Gasteiger partial charge in [-0.1, -0.05) is 70.8 Å². The lowest BCUT2D eigenvalue weighted by Gasteiger charge is -2.44. The van der Waals surface area contributed by atoms with Crippen LogP contribution in [0.15, 0.2) is 23.3 Å². The molecule has 3 aliphatic rings. The molecule has 3 saturated carbocycles. The fourth-order valence-corrected chi connectivity index (χ4v) is 7.38. The third-order valence-corrected chi connectivity index (χ3v) is 10.0. The Bertz CT molecular complexity index is 662. The van der Waals surface area contributed by atoms with Crippen LogP contribution in [-0.2, 0) is 0 Å². The van der Waals surface area contributed by atoms with E-state index in [2.05, 4.69) is 39.8 Å². The van der Waals surface area contributed by atoms with Gasteiger partial charge in [-0.15, -0.1) is 0 Å². The van der Waals surface area contributed by atoms with Crippen LogP contribution in [-0.4, -0.2) is 33.1 Å². The molecule has 0 aromatic rings. The van der Waals surface area contributed by atoms with Crippen LogP contribution in [0.2, 0.25) is 0 Å². The highest BCUT2D eigenvalue weighted by atomic mass is 16.3. The van der Waals surface area contributed by atoms with Crippen LogP contribution in [0.1, 0.15) is 112 Å². The van der Waals surface area contributed by atoms with Crippen molar-refractivity contribution in [3.63, 3.8) is 0 Å². The van der Waals surface area contributed by atoms with Gasteiger partial charge in [0.25, 0.3) is 0 Å². The van der Waals surface area contributed by atoms with Crippen LogP contribution in [0.4, 0.5) is 0 Å². The molecule has 184 valence electrons. The van der Waals surface area contributed by atoms with Crippen molar-refractivity contribution in [3.05, 3.63) is 23.3 Å². The molecule has 0 aromatic heterocycles. The minimum atomic E-state index is -0.464. The van der Waals surface area contributed by atoms with Crippen LogP contribution in [0, 0.1) is 29.1 Å². The van der Waals surface area contributed by atoms with Gasteiger partial charge < -0.3 is 15.3 Å². The largest absolute Gasteiger partial charge is 0.392 e. The lowest BCUT2D eigenvalue weighted by molar-refractivity contribution is 0.00404. The van der Waals surface area contributed by atoms with Crippen LogP contribution < -0.4 is 0 Å². The summed E-state index contributed by atoms with van der Waals surface area (Å²) >= 11 is 0. The standard InChI is InChI=1S/C29H50O3/c1-6-29(32,7-2)17-8-10-20(3)24-14-15-25-23(11-9-16-28(24,25)5)13-12-22-18-26(30)21(4)27(31)19-22/h12-13,20-21,24-27,30-32H,6-11,14-19H2,1-5H3/t20-,21?,24?,25?,26+,27+,28+/m0/s1. The average Bonchev–Trinajstić information content (AvgIpc) is 3.13. The molecule has 3 nitrogen and oxygen atoms in total. The van der Waals surface area contributed by atoms with Crippen LogP contribution >= 0.6 is 0 Å². The Labute approximate surface area is 197 Å².